The molecule has 1 fully saturated rings. The quantitative estimate of drug-likeness (QED) is 0.804. The Hall–Kier alpha value is -2.40. The Kier molecular flexibility index (Phi) is 5.66. The van der Waals surface area contributed by atoms with E-state index in [1.807, 2.05) is 24.3 Å². The number of hydrogen-bond donors (Lipinski definition) is 2. The molecule has 2 N–H and O–H groups in total. The van der Waals surface area contributed by atoms with Gasteiger partial charge in [0.1, 0.15) is 18.2 Å². The van der Waals surface area contributed by atoms with Gasteiger partial charge < -0.3 is 15.2 Å². The molecule has 4 nitrogen and oxygen atoms in total. The first-order chi connectivity index (χ1) is 12.1. The second-order valence-electron chi connectivity index (χ2n) is 6.39. The van der Waals surface area contributed by atoms with E-state index in [9.17, 15) is 14.3 Å². The lowest BCUT2D eigenvalue weighted by Crippen LogP contribution is -2.35. The average Bonchev–Trinajstić information content (AvgIpc) is 3.09. The summed E-state index contributed by atoms with van der Waals surface area (Å²) in [5.41, 5.74) is 1.53. The molecule has 0 bridgehead atoms. The van der Waals surface area contributed by atoms with Crippen LogP contribution in [0.5, 0.6) is 5.75 Å². The number of carboxylic acids is 1. The first kappa shape index (κ1) is 17.4. The maximum absolute atomic E-state index is 13.6. The van der Waals surface area contributed by atoms with Crippen LogP contribution in [0.3, 0.4) is 0 Å². The fourth-order valence-electron chi connectivity index (χ4n) is 3.27. The summed E-state index contributed by atoms with van der Waals surface area (Å²) < 4.78 is 19.3. The van der Waals surface area contributed by atoms with Crippen LogP contribution in [0.25, 0.3) is 0 Å². The number of hydrogen-bond acceptors (Lipinski definition) is 3. The van der Waals surface area contributed by atoms with Crippen LogP contribution in [0.2, 0.25) is 0 Å². The van der Waals surface area contributed by atoms with E-state index in [0.29, 0.717) is 17.9 Å². The molecule has 0 aromatic heterocycles. The van der Waals surface area contributed by atoms with Crippen LogP contribution in [0.1, 0.15) is 30.4 Å². The van der Waals surface area contributed by atoms with Gasteiger partial charge in [-0.15, -0.1) is 0 Å². The van der Waals surface area contributed by atoms with Crippen LogP contribution < -0.4 is 10.1 Å². The number of aliphatic carboxylic acids is 1. The van der Waals surface area contributed by atoms with Gasteiger partial charge in [-0.05, 0) is 36.6 Å². The van der Waals surface area contributed by atoms with Crippen molar-refractivity contribution < 1.29 is 19.0 Å². The lowest BCUT2D eigenvalue weighted by atomic mass is 10.0. The molecule has 3 rings (SSSR count). The largest absolute Gasteiger partial charge is 0.489 e. The minimum atomic E-state index is -0.725. The Labute approximate surface area is 146 Å². The summed E-state index contributed by atoms with van der Waals surface area (Å²) in [6.07, 6.45) is 2.57. The zero-order chi connectivity index (χ0) is 17.6. The Morgan fingerprint density at radius 2 is 2.04 bits per heavy atom. The van der Waals surface area contributed by atoms with Gasteiger partial charge in [-0.3, -0.25) is 4.79 Å². The summed E-state index contributed by atoms with van der Waals surface area (Å²) in [7, 11) is 0. The third kappa shape index (κ3) is 4.57. The molecule has 2 aromatic rings. The predicted molar refractivity (Wildman–Crippen MR) is 92.8 cm³/mol. The van der Waals surface area contributed by atoms with Gasteiger partial charge in [0.25, 0.3) is 0 Å². The number of halogens is 1. The number of nitrogens with one attached hydrogen (secondary N) is 1. The molecule has 0 radical (unpaired) electrons. The van der Waals surface area contributed by atoms with Gasteiger partial charge in [0, 0.05) is 18.2 Å². The summed E-state index contributed by atoms with van der Waals surface area (Å²) >= 11 is 0. The van der Waals surface area contributed by atoms with Gasteiger partial charge >= 0.3 is 5.97 Å². The molecule has 2 atom stereocenters. The number of carboxylic acid groups (broad SMARTS) is 1. The Morgan fingerprint density at radius 3 is 2.84 bits per heavy atom. The highest BCUT2D eigenvalue weighted by Crippen LogP contribution is 2.26. The molecule has 1 aliphatic rings. The maximum Gasteiger partial charge on any atom is 0.308 e. The molecule has 1 aliphatic carbocycles. The van der Waals surface area contributed by atoms with E-state index in [1.54, 1.807) is 18.2 Å². The summed E-state index contributed by atoms with van der Waals surface area (Å²) in [4.78, 5) is 11.2. The van der Waals surface area contributed by atoms with E-state index in [-0.39, 0.29) is 24.4 Å². The number of carbonyl (C=O) groups is 1. The average molecular weight is 343 g/mol. The van der Waals surface area contributed by atoms with E-state index >= 15 is 0 Å². The van der Waals surface area contributed by atoms with Gasteiger partial charge in [-0.1, -0.05) is 36.8 Å². The smallest absolute Gasteiger partial charge is 0.308 e. The van der Waals surface area contributed by atoms with Crippen molar-refractivity contribution >= 4 is 5.97 Å². The molecule has 132 valence electrons. The lowest BCUT2D eigenvalue weighted by molar-refractivity contribution is -0.142. The van der Waals surface area contributed by atoms with Crippen molar-refractivity contribution in [3.05, 3.63) is 65.5 Å². The summed E-state index contributed by atoms with van der Waals surface area (Å²) in [5, 5.41) is 12.6. The molecule has 0 saturated heterocycles. The first-order valence-corrected chi connectivity index (χ1v) is 8.55. The molecule has 0 amide bonds. The summed E-state index contributed by atoms with van der Waals surface area (Å²) in [6.45, 7) is 0.763. The number of rotatable bonds is 7. The predicted octanol–water partition coefficient (Wildman–Crippen LogP) is 3.75. The van der Waals surface area contributed by atoms with Crippen molar-refractivity contribution in [3.8, 4) is 5.75 Å². The molecule has 0 heterocycles. The van der Waals surface area contributed by atoms with Crippen molar-refractivity contribution in [2.24, 2.45) is 5.92 Å². The Balaban J connectivity index is 1.56. The van der Waals surface area contributed by atoms with E-state index in [4.69, 9.17) is 4.74 Å². The summed E-state index contributed by atoms with van der Waals surface area (Å²) in [5.74, 6) is -0.637. The highest BCUT2D eigenvalue weighted by molar-refractivity contribution is 5.71. The molecule has 2 aromatic carbocycles. The Bertz CT molecular complexity index is 734. The highest BCUT2D eigenvalue weighted by Gasteiger charge is 2.32. The van der Waals surface area contributed by atoms with Crippen LogP contribution in [0, 0.1) is 11.7 Å². The molecular weight excluding hydrogens is 321 g/mol. The number of ether oxygens (including phenoxy) is 1. The van der Waals surface area contributed by atoms with Crippen LogP contribution in [0.4, 0.5) is 4.39 Å². The molecule has 2 unspecified atom stereocenters. The molecule has 0 spiro atoms. The number of benzene rings is 2. The fourth-order valence-corrected chi connectivity index (χ4v) is 3.27. The van der Waals surface area contributed by atoms with Crippen molar-refractivity contribution in [1.82, 2.24) is 5.32 Å². The van der Waals surface area contributed by atoms with Crippen LogP contribution >= 0.6 is 0 Å². The van der Waals surface area contributed by atoms with Crippen molar-refractivity contribution in [1.29, 1.82) is 0 Å². The third-order valence-corrected chi connectivity index (χ3v) is 4.65. The highest BCUT2D eigenvalue weighted by atomic mass is 19.1. The van der Waals surface area contributed by atoms with Gasteiger partial charge in [-0.25, -0.2) is 4.39 Å². The first-order valence-electron chi connectivity index (χ1n) is 8.55. The van der Waals surface area contributed by atoms with Gasteiger partial charge in [-0.2, -0.15) is 0 Å². The van der Waals surface area contributed by atoms with Crippen molar-refractivity contribution in [3.63, 3.8) is 0 Å². The van der Waals surface area contributed by atoms with Gasteiger partial charge in [0.05, 0.1) is 5.92 Å². The van der Waals surface area contributed by atoms with Gasteiger partial charge in [0.15, 0.2) is 0 Å². The topological polar surface area (TPSA) is 58.6 Å². The SMILES string of the molecule is O=C(O)C1CCCC1NCc1cccc(OCc2ccccc2F)c1. The van der Waals surface area contributed by atoms with Crippen molar-refractivity contribution in [2.45, 2.75) is 38.5 Å². The molecule has 1 saturated carbocycles. The second-order valence-corrected chi connectivity index (χ2v) is 6.39. The molecule has 25 heavy (non-hydrogen) atoms. The normalized spacial score (nSPS) is 19.7. The van der Waals surface area contributed by atoms with Crippen LogP contribution in [-0.2, 0) is 17.9 Å². The zero-order valence-electron chi connectivity index (χ0n) is 14.0. The zero-order valence-corrected chi connectivity index (χ0v) is 14.0. The monoisotopic (exact) mass is 343 g/mol. The molecular formula is C20H22FNO3. The van der Waals surface area contributed by atoms with E-state index in [1.165, 1.54) is 6.07 Å². The van der Waals surface area contributed by atoms with Crippen molar-refractivity contribution in [2.75, 3.05) is 0 Å². The maximum atomic E-state index is 13.6. The van der Waals surface area contributed by atoms with Crippen LogP contribution in [-0.4, -0.2) is 17.1 Å². The summed E-state index contributed by atoms with van der Waals surface area (Å²) in [6, 6.07) is 14.2. The third-order valence-electron chi connectivity index (χ3n) is 4.65. The van der Waals surface area contributed by atoms with E-state index in [2.05, 4.69) is 5.32 Å². The molecule has 0 aliphatic heterocycles. The molecule has 5 heteroatoms. The standard InChI is InChI=1S/C20H22FNO3/c21-18-9-2-1-6-15(18)13-25-16-7-3-5-14(11-16)12-22-19-10-4-8-17(19)20(23)24/h1-3,5-7,9,11,17,19,22H,4,8,10,12-13H2,(H,23,24). The minimum Gasteiger partial charge on any atom is -0.489 e. The fraction of sp³-hybridized carbons (Fsp3) is 0.350. The van der Waals surface area contributed by atoms with E-state index in [0.717, 1.165) is 24.8 Å². The minimum absolute atomic E-state index is 0.0143. The van der Waals surface area contributed by atoms with Gasteiger partial charge in [0.2, 0.25) is 0 Å². The Morgan fingerprint density at radius 1 is 1.20 bits per heavy atom. The lowest BCUT2D eigenvalue weighted by Gasteiger charge is -2.18. The van der Waals surface area contributed by atoms with E-state index < -0.39 is 5.97 Å². The second kappa shape index (κ2) is 8.12. The van der Waals surface area contributed by atoms with Crippen LogP contribution in [0.15, 0.2) is 48.5 Å².